The van der Waals surface area contributed by atoms with Crippen LogP contribution in [-0.4, -0.2) is 10.8 Å². The van der Waals surface area contributed by atoms with Gasteiger partial charge < -0.3 is 11.5 Å². The van der Waals surface area contributed by atoms with E-state index in [1.807, 2.05) is 36.6 Å². The lowest BCUT2D eigenvalue weighted by atomic mass is 10.0. The van der Waals surface area contributed by atoms with Crippen LogP contribution in [0.15, 0.2) is 41.8 Å². The summed E-state index contributed by atoms with van der Waals surface area (Å²) in [7, 11) is 0. The molecule has 0 spiro atoms. The van der Waals surface area contributed by atoms with E-state index in [-0.39, 0.29) is 17.2 Å². The highest BCUT2D eigenvalue weighted by molar-refractivity contribution is 7.21. The third kappa shape index (κ3) is 2.76. The summed E-state index contributed by atoms with van der Waals surface area (Å²) in [5.41, 5.74) is 15.3. The minimum absolute atomic E-state index is 0.143. The van der Waals surface area contributed by atoms with Gasteiger partial charge in [-0.05, 0) is 18.4 Å². The molecule has 0 saturated heterocycles. The maximum absolute atomic E-state index is 13.0. The molecule has 0 radical (unpaired) electrons. The van der Waals surface area contributed by atoms with Crippen molar-refractivity contribution in [2.45, 2.75) is 6.92 Å². The van der Waals surface area contributed by atoms with E-state index < -0.39 is 0 Å². The zero-order valence-corrected chi connectivity index (χ0v) is 15.9. The van der Waals surface area contributed by atoms with Gasteiger partial charge in [-0.15, -0.1) is 22.7 Å². The monoisotopic (exact) mass is 390 g/mol. The van der Waals surface area contributed by atoms with E-state index in [9.17, 15) is 10.1 Å². The molecule has 27 heavy (non-hydrogen) atoms. The van der Waals surface area contributed by atoms with Gasteiger partial charge in [0.1, 0.15) is 27.2 Å². The van der Waals surface area contributed by atoms with E-state index in [1.165, 1.54) is 22.7 Å². The van der Waals surface area contributed by atoms with Crippen LogP contribution < -0.4 is 11.5 Å². The van der Waals surface area contributed by atoms with Crippen molar-refractivity contribution < 1.29 is 4.79 Å². The van der Waals surface area contributed by atoms with Crippen LogP contribution in [0.1, 0.15) is 26.4 Å². The molecule has 4 aromatic rings. The third-order valence-electron chi connectivity index (χ3n) is 4.30. The first kappa shape index (κ1) is 17.2. The highest BCUT2D eigenvalue weighted by Crippen LogP contribution is 2.44. The standard InChI is InChI=1S/C20H14N4OS2/c1-10-4-6-11(7-5-10)17(25)18-16(22)15-14(13-3-2-8-26-13)12(9-21)19(23)24-20(15)27-18/h2-8H,22H2,1H3,(H2,23,24). The Bertz CT molecular complexity index is 1220. The summed E-state index contributed by atoms with van der Waals surface area (Å²) >= 11 is 2.69. The van der Waals surface area contributed by atoms with Gasteiger partial charge in [-0.25, -0.2) is 4.98 Å². The fourth-order valence-electron chi connectivity index (χ4n) is 2.96. The molecule has 3 aromatic heterocycles. The summed E-state index contributed by atoms with van der Waals surface area (Å²) in [6.07, 6.45) is 0. The fraction of sp³-hybridized carbons (Fsp3) is 0.0500. The average Bonchev–Trinajstić information content (AvgIpc) is 3.29. The van der Waals surface area contributed by atoms with Crippen molar-refractivity contribution in [2.75, 3.05) is 11.5 Å². The first-order valence-electron chi connectivity index (χ1n) is 8.08. The predicted octanol–water partition coefficient (Wildman–Crippen LogP) is 4.60. The second-order valence-corrected chi connectivity index (χ2v) is 8.00. The van der Waals surface area contributed by atoms with Crippen LogP contribution in [0.5, 0.6) is 0 Å². The topological polar surface area (TPSA) is 106 Å². The van der Waals surface area contributed by atoms with E-state index in [4.69, 9.17) is 11.5 Å². The van der Waals surface area contributed by atoms with Gasteiger partial charge in [-0.2, -0.15) is 5.26 Å². The molecule has 3 heterocycles. The molecule has 0 aliphatic rings. The minimum atomic E-state index is -0.162. The van der Waals surface area contributed by atoms with Gasteiger partial charge >= 0.3 is 0 Å². The molecule has 7 heteroatoms. The number of carbonyl (C=O) groups excluding carboxylic acids is 1. The smallest absolute Gasteiger partial charge is 0.205 e. The highest BCUT2D eigenvalue weighted by atomic mass is 32.1. The molecular formula is C20H14N4OS2. The predicted molar refractivity (Wildman–Crippen MR) is 111 cm³/mol. The number of hydrogen-bond donors (Lipinski definition) is 2. The second kappa shape index (κ2) is 6.50. The molecule has 0 fully saturated rings. The van der Waals surface area contributed by atoms with Crippen molar-refractivity contribution >= 4 is 50.2 Å². The van der Waals surface area contributed by atoms with E-state index >= 15 is 0 Å². The molecule has 1 aromatic carbocycles. The van der Waals surface area contributed by atoms with Crippen LogP contribution in [0.25, 0.3) is 20.7 Å². The number of pyridine rings is 1. The summed E-state index contributed by atoms with van der Waals surface area (Å²) in [4.78, 5) is 19.2. The largest absolute Gasteiger partial charge is 0.397 e. The maximum atomic E-state index is 13.0. The molecule has 0 aliphatic heterocycles. The quantitative estimate of drug-likeness (QED) is 0.497. The van der Waals surface area contributed by atoms with Gasteiger partial charge in [0.15, 0.2) is 0 Å². The number of aromatic nitrogens is 1. The van der Waals surface area contributed by atoms with Gasteiger partial charge in [0, 0.05) is 21.4 Å². The number of rotatable bonds is 3. The number of nitrogens with two attached hydrogens (primary N) is 2. The molecular weight excluding hydrogens is 376 g/mol. The summed E-state index contributed by atoms with van der Waals surface area (Å²) in [5, 5.41) is 12.1. The number of carbonyl (C=O) groups is 1. The molecule has 0 amide bonds. The van der Waals surface area contributed by atoms with Crippen molar-refractivity contribution in [1.82, 2.24) is 4.98 Å². The van der Waals surface area contributed by atoms with E-state index in [0.717, 1.165) is 10.4 Å². The van der Waals surface area contributed by atoms with Crippen LogP contribution in [-0.2, 0) is 0 Å². The number of nitriles is 1. The average molecular weight is 390 g/mol. The molecule has 5 nitrogen and oxygen atoms in total. The van der Waals surface area contributed by atoms with Gasteiger partial charge in [-0.3, -0.25) is 4.79 Å². The van der Waals surface area contributed by atoms with Crippen LogP contribution in [0.3, 0.4) is 0 Å². The Morgan fingerprint density at radius 2 is 1.93 bits per heavy atom. The molecule has 0 saturated carbocycles. The van der Waals surface area contributed by atoms with Crippen molar-refractivity contribution in [3.05, 3.63) is 63.3 Å². The molecule has 0 aliphatic carbocycles. The lowest BCUT2D eigenvalue weighted by molar-refractivity contribution is 0.104. The summed E-state index contributed by atoms with van der Waals surface area (Å²) in [6.45, 7) is 1.96. The molecule has 0 bridgehead atoms. The fourth-order valence-corrected chi connectivity index (χ4v) is 4.81. The molecule has 4 N–H and O–H groups in total. The second-order valence-electron chi connectivity index (χ2n) is 6.06. The third-order valence-corrected chi connectivity index (χ3v) is 6.29. The first-order valence-corrected chi connectivity index (χ1v) is 9.77. The Morgan fingerprint density at radius 3 is 2.56 bits per heavy atom. The normalized spacial score (nSPS) is 10.8. The number of nitrogen functional groups attached to an aromatic ring is 2. The molecule has 4 rings (SSSR count). The number of thiophene rings is 2. The SMILES string of the molecule is Cc1ccc(C(=O)c2sc3nc(N)c(C#N)c(-c4cccs4)c3c2N)cc1. The number of fused-ring (bicyclic) bond motifs is 1. The van der Waals surface area contributed by atoms with Gasteiger partial charge in [-0.1, -0.05) is 35.9 Å². The number of aryl methyl sites for hydroxylation is 1. The molecule has 0 unspecified atom stereocenters. The number of hydrogen-bond acceptors (Lipinski definition) is 7. The maximum Gasteiger partial charge on any atom is 0.205 e. The summed E-state index contributed by atoms with van der Waals surface area (Å²) in [5.74, 6) is -0.0197. The van der Waals surface area contributed by atoms with Crippen LogP contribution in [0.2, 0.25) is 0 Å². The Labute approximate surface area is 163 Å². The number of anilines is 2. The van der Waals surface area contributed by atoms with Crippen LogP contribution in [0, 0.1) is 18.3 Å². The Balaban J connectivity index is 2.00. The van der Waals surface area contributed by atoms with E-state index in [1.54, 1.807) is 12.1 Å². The Morgan fingerprint density at radius 1 is 1.19 bits per heavy atom. The minimum Gasteiger partial charge on any atom is -0.397 e. The zero-order chi connectivity index (χ0) is 19.1. The van der Waals surface area contributed by atoms with E-state index in [0.29, 0.717) is 31.9 Å². The van der Waals surface area contributed by atoms with Crippen molar-refractivity contribution in [2.24, 2.45) is 0 Å². The summed E-state index contributed by atoms with van der Waals surface area (Å²) < 4.78 is 0. The molecule has 0 atom stereocenters. The van der Waals surface area contributed by atoms with Gasteiger partial charge in [0.2, 0.25) is 5.78 Å². The Kier molecular flexibility index (Phi) is 4.15. The van der Waals surface area contributed by atoms with Crippen molar-refractivity contribution in [3.63, 3.8) is 0 Å². The van der Waals surface area contributed by atoms with Crippen molar-refractivity contribution in [1.29, 1.82) is 5.26 Å². The number of benzene rings is 1. The summed E-state index contributed by atoms with van der Waals surface area (Å²) in [6, 6.07) is 13.3. The van der Waals surface area contributed by atoms with Gasteiger partial charge in [0.25, 0.3) is 0 Å². The molecule has 132 valence electrons. The van der Waals surface area contributed by atoms with Crippen molar-refractivity contribution in [3.8, 4) is 16.5 Å². The number of ketones is 1. The first-order chi connectivity index (χ1) is 13.0. The van der Waals surface area contributed by atoms with Gasteiger partial charge in [0.05, 0.1) is 5.69 Å². The lowest BCUT2D eigenvalue weighted by Gasteiger charge is -2.07. The van der Waals surface area contributed by atoms with Crippen LogP contribution in [0.4, 0.5) is 11.5 Å². The highest BCUT2D eigenvalue weighted by Gasteiger charge is 2.25. The zero-order valence-electron chi connectivity index (χ0n) is 14.3. The van der Waals surface area contributed by atoms with Crippen LogP contribution >= 0.6 is 22.7 Å². The number of nitrogens with zero attached hydrogens (tertiary/aromatic N) is 2. The lowest BCUT2D eigenvalue weighted by Crippen LogP contribution is -2.02. The Hall–Kier alpha value is -3.21. The van der Waals surface area contributed by atoms with E-state index in [2.05, 4.69) is 11.1 Å².